The second-order valence-corrected chi connectivity index (χ2v) is 1.40. The number of hydrogen-bond acceptors (Lipinski definition) is 1. The molecule has 0 spiro atoms. The third-order valence-corrected chi connectivity index (χ3v) is 0.679. The molecule has 0 aromatic heterocycles. The van der Waals surface area contributed by atoms with Crippen LogP contribution < -0.4 is 5.32 Å². The van der Waals surface area contributed by atoms with Crippen LogP contribution in [0, 0.1) is 11.8 Å². The van der Waals surface area contributed by atoms with Crippen molar-refractivity contribution in [2.75, 3.05) is 0 Å². The molecule has 1 N–H and O–H groups in total. The third kappa shape index (κ3) is 3.23. The highest BCUT2D eigenvalue weighted by atomic mass is 16.1. The summed E-state index contributed by atoms with van der Waals surface area (Å²) >= 11 is 0. The van der Waals surface area contributed by atoms with Crippen LogP contribution in [0.4, 0.5) is 0 Å². The van der Waals surface area contributed by atoms with E-state index in [0.29, 0.717) is 6.41 Å². The van der Waals surface area contributed by atoms with Crippen molar-refractivity contribution in [2.45, 2.75) is 19.9 Å². The molecule has 0 aliphatic carbocycles. The minimum atomic E-state index is -0.0162. The van der Waals surface area contributed by atoms with Gasteiger partial charge in [0.05, 0.1) is 6.04 Å². The minimum absolute atomic E-state index is 0.0162. The Kier molecular flexibility index (Phi) is 3.69. The summed E-state index contributed by atoms with van der Waals surface area (Å²) in [6.07, 6.45) is 0.648. The van der Waals surface area contributed by atoms with Gasteiger partial charge in [-0.15, -0.1) is 5.92 Å². The second-order valence-electron chi connectivity index (χ2n) is 1.40. The summed E-state index contributed by atoms with van der Waals surface area (Å²) in [6, 6.07) is -0.0162. The minimum Gasteiger partial charge on any atom is -0.345 e. The van der Waals surface area contributed by atoms with Crippen molar-refractivity contribution >= 4 is 6.41 Å². The normalized spacial score (nSPS) is 10.8. The van der Waals surface area contributed by atoms with Crippen molar-refractivity contribution in [3.8, 4) is 11.8 Å². The van der Waals surface area contributed by atoms with E-state index in [1.54, 1.807) is 6.92 Å². The quantitative estimate of drug-likeness (QED) is 0.398. The Morgan fingerprint density at radius 2 is 2.38 bits per heavy atom. The summed E-state index contributed by atoms with van der Waals surface area (Å²) in [6.45, 7) is 3.56. The number of carbonyl (C=O) groups excluding carboxylic acids is 1. The summed E-state index contributed by atoms with van der Waals surface area (Å²) in [5.74, 6) is 5.43. The lowest BCUT2D eigenvalue weighted by Crippen LogP contribution is -2.21. The van der Waals surface area contributed by atoms with E-state index in [1.807, 2.05) is 6.92 Å². The van der Waals surface area contributed by atoms with Crippen molar-refractivity contribution in [2.24, 2.45) is 0 Å². The van der Waals surface area contributed by atoms with Gasteiger partial charge in [0, 0.05) is 0 Å². The average Bonchev–Trinajstić information content (AvgIpc) is 1.68. The first-order chi connectivity index (χ1) is 3.81. The van der Waals surface area contributed by atoms with E-state index in [1.165, 1.54) is 0 Å². The molecule has 0 aromatic rings. The van der Waals surface area contributed by atoms with Gasteiger partial charge in [-0.3, -0.25) is 4.79 Å². The summed E-state index contributed by atoms with van der Waals surface area (Å²) in [4.78, 5) is 9.71. The molecular weight excluding hydrogens is 102 g/mol. The monoisotopic (exact) mass is 111 g/mol. The molecule has 0 heterocycles. The molecule has 1 unspecified atom stereocenters. The maximum Gasteiger partial charge on any atom is 0.208 e. The van der Waals surface area contributed by atoms with Crippen LogP contribution in [0.2, 0.25) is 0 Å². The van der Waals surface area contributed by atoms with Crippen molar-refractivity contribution < 1.29 is 4.79 Å². The molecule has 0 bridgehead atoms. The number of amides is 1. The number of carbonyl (C=O) groups is 1. The van der Waals surface area contributed by atoms with Crippen LogP contribution in [0.15, 0.2) is 0 Å². The Morgan fingerprint density at radius 3 is 2.75 bits per heavy atom. The van der Waals surface area contributed by atoms with Crippen molar-refractivity contribution in [1.82, 2.24) is 5.32 Å². The van der Waals surface area contributed by atoms with Crippen LogP contribution in [-0.2, 0) is 4.79 Å². The molecule has 0 radical (unpaired) electrons. The Bertz CT molecular complexity index is 120. The molecule has 2 nitrogen and oxygen atoms in total. The van der Waals surface area contributed by atoms with Gasteiger partial charge in [-0.2, -0.15) is 0 Å². The number of hydrogen-bond donors (Lipinski definition) is 1. The van der Waals surface area contributed by atoms with E-state index in [2.05, 4.69) is 17.2 Å². The van der Waals surface area contributed by atoms with Crippen molar-refractivity contribution in [3.63, 3.8) is 0 Å². The van der Waals surface area contributed by atoms with E-state index in [0.717, 1.165) is 0 Å². The Balaban J connectivity index is 3.41. The molecule has 8 heavy (non-hydrogen) atoms. The molecule has 0 saturated heterocycles. The molecule has 0 fully saturated rings. The highest BCUT2D eigenvalue weighted by Gasteiger charge is 1.87. The zero-order valence-corrected chi connectivity index (χ0v) is 5.06. The lowest BCUT2D eigenvalue weighted by Gasteiger charge is -1.96. The van der Waals surface area contributed by atoms with Crippen molar-refractivity contribution in [3.05, 3.63) is 0 Å². The summed E-state index contributed by atoms with van der Waals surface area (Å²) in [5, 5.41) is 2.49. The number of rotatable bonds is 2. The highest BCUT2D eigenvalue weighted by Crippen LogP contribution is 1.71. The zero-order valence-electron chi connectivity index (χ0n) is 5.06. The van der Waals surface area contributed by atoms with Gasteiger partial charge in [-0.25, -0.2) is 0 Å². The molecule has 2 heteroatoms. The topological polar surface area (TPSA) is 29.1 Å². The SMILES string of the molecule is CC#CC(C)NC=O. The lowest BCUT2D eigenvalue weighted by atomic mass is 10.3. The molecule has 0 aliphatic rings. The first kappa shape index (κ1) is 7.03. The summed E-state index contributed by atoms with van der Waals surface area (Å²) in [7, 11) is 0. The molecule has 0 aromatic carbocycles. The highest BCUT2D eigenvalue weighted by molar-refractivity contribution is 5.47. The van der Waals surface area contributed by atoms with Gasteiger partial charge in [-0.1, -0.05) is 5.92 Å². The van der Waals surface area contributed by atoms with E-state index in [4.69, 9.17) is 0 Å². The number of nitrogens with one attached hydrogen (secondary N) is 1. The molecule has 0 rings (SSSR count). The first-order valence-corrected chi connectivity index (χ1v) is 2.43. The fraction of sp³-hybridized carbons (Fsp3) is 0.500. The standard InChI is InChI=1S/C6H9NO/c1-3-4-6(2)7-5-8/h5-6H,1-2H3,(H,7,8). The van der Waals surface area contributed by atoms with Gasteiger partial charge in [0.25, 0.3) is 0 Å². The van der Waals surface area contributed by atoms with Gasteiger partial charge in [0.15, 0.2) is 0 Å². The first-order valence-electron chi connectivity index (χ1n) is 2.43. The van der Waals surface area contributed by atoms with E-state index < -0.39 is 0 Å². The lowest BCUT2D eigenvalue weighted by molar-refractivity contribution is -0.109. The molecule has 1 amide bonds. The predicted octanol–water partition coefficient (Wildman–Crippen LogP) is 0.144. The summed E-state index contributed by atoms with van der Waals surface area (Å²) in [5.41, 5.74) is 0. The fourth-order valence-corrected chi connectivity index (χ4v) is 0.360. The Hall–Kier alpha value is -0.970. The molecule has 0 saturated carbocycles. The molecular formula is C6H9NO. The fourth-order valence-electron chi connectivity index (χ4n) is 0.360. The smallest absolute Gasteiger partial charge is 0.208 e. The largest absolute Gasteiger partial charge is 0.345 e. The molecule has 0 aliphatic heterocycles. The van der Waals surface area contributed by atoms with Crippen LogP contribution in [0.3, 0.4) is 0 Å². The predicted molar refractivity (Wildman–Crippen MR) is 32.1 cm³/mol. The Labute approximate surface area is 49.3 Å². The van der Waals surface area contributed by atoms with E-state index >= 15 is 0 Å². The van der Waals surface area contributed by atoms with E-state index in [-0.39, 0.29) is 6.04 Å². The van der Waals surface area contributed by atoms with Gasteiger partial charge < -0.3 is 5.32 Å². The van der Waals surface area contributed by atoms with Crippen LogP contribution >= 0.6 is 0 Å². The van der Waals surface area contributed by atoms with Crippen LogP contribution in [0.25, 0.3) is 0 Å². The van der Waals surface area contributed by atoms with Crippen LogP contribution in [0.5, 0.6) is 0 Å². The van der Waals surface area contributed by atoms with Gasteiger partial charge in [0.1, 0.15) is 0 Å². The van der Waals surface area contributed by atoms with Gasteiger partial charge in [0.2, 0.25) is 6.41 Å². The average molecular weight is 111 g/mol. The van der Waals surface area contributed by atoms with Gasteiger partial charge >= 0.3 is 0 Å². The Morgan fingerprint density at radius 1 is 1.75 bits per heavy atom. The maximum atomic E-state index is 9.71. The van der Waals surface area contributed by atoms with Crippen LogP contribution in [-0.4, -0.2) is 12.5 Å². The van der Waals surface area contributed by atoms with Crippen molar-refractivity contribution in [1.29, 1.82) is 0 Å². The third-order valence-electron chi connectivity index (χ3n) is 0.679. The molecule has 1 atom stereocenters. The maximum absolute atomic E-state index is 9.71. The second kappa shape index (κ2) is 4.20. The molecule has 44 valence electrons. The van der Waals surface area contributed by atoms with Gasteiger partial charge in [-0.05, 0) is 13.8 Å². The zero-order chi connectivity index (χ0) is 6.41. The summed E-state index contributed by atoms with van der Waals surface area (Å²) < 4.78 is 0. The van der Waals surface area contributed by atoms with Crippen LogP contribution in [0.1, 0.15) is 13.8 Å². The van der Waals surface area contributed by atoms with E-state index in [9.17, 15) is 4.79 Å².